The van der Waals surface area contributed by atoms with Crippen molar-refractivity contribution >= 4 is 0 Å². The summed E-state index contributed by atoms with van der Waals surface area (Å²) in [5, 5.41) is 25.3. The first kappa shape index (κ1) is 10.9. The molecule has 0 aromatic carbocycles. The fraction of sp³-hybridized carbons (Fsp3) is 0. The Balaban J connectivity index is 5.56. The highest BCUT2D eigenvalue weighted by molar-refractivity contribution is 5.50. The van der Waals surface area contributed by atoms with Crippen LogP contribution in [0.3, 0.4) is 0 Å². The molecule has 0 radical (unpaired) electrons. The standard InChI is InChI=1S/C9HN5/c1-13-9(14-2)8(6-12)3-7(4-10)5-11/h3H. The number of nitrogens with zero attached hydrogens (tertiary/aromatic N) is 5. The molecule has 0 aliphatic heterocycles. The van der Waals surface area contributed by atoms with E-state index in [2.05, 4.69) is 9.69 Å². The minimum atomic E-state index is -0.449. The summed E-state index contributed by atoms with van der Waals surface area (Å²) in [6, 6.07) is 4.63. The maximum Gasteiger partial charge on any atom is 0.537 e. The molecule has 5 heteroatoms. The van der Waals surface area contributed by atoms with Crippen molar-refractivity contribution < 1.29 is 0 Å². The molecule has 0 rings (SSSR count). The minimum absolute atomic E-state index is 0.270. The molecule has 0 heterocycles. The van der Waals surface area contributed by atoms with Crippen molar-refractivity contribution in [1.29, 1.82) is 15.8 Å². The van der Waals surface area contributed by atoms with Crippen molar-refractivity contribution in [1.82, 2.24) is 0 Å². The van der Waals surface area contributed by atoms with Crippen LogP contribution >= 0.6 is 0 Å². The molecule has 14 heavy (non-hydrogen) atoms. The summed E-state index contributed by atoms with van der Waals surface area (Å²) < 4.78 is 0. The van der Waals surface area contributed by atoms with Gasteiger partial charge in [0.15, 0.2) is 0 Å². The first-order valence-electron chi connectivity index (χ1n) is 3.14. The molecule has 5 nitrogen and oxygen atoms in total. The van der Waals surface area contributed by atoms with E-state index in [1.54, 1.807) is 6.07 Å². The van der Waals surface area contributed by atoms with Gasteiger partial charge in [0.1, 0.15) is 36.4 Å². The Morgan fingerprint density at radius 1 is 1.00 bits per heavy atom. The Morgan fingerprint density at radius 2 is 1.50 bits per heavy atom. The molecule has 0 saturated carbocycles. The first-order chi connectivity index (χ1) is 6.73. The first-order valence-corrected chi connectivity index (χ1v) is 3.14. The van der Waals surface area contributed by atoms with Gasteiger partial charge in [-0.2, -0.15) is 25.5 Å². The second-order valence-electron chi connectivity index (χ2n) is 1.85. The molecule has 0 aliphatic rings. The van der Waals surface area contributed by atoms with Gasteiger partial charge in [-0.25, -0.2) is 0 Å². The maximum atomic E-state index is 8.54. The third kappa shape index (κ3) is 2.52. The highest BCUT2D eigenvalue weighted by atomic mass is 14.9. The predicted molar refractivity (Wildman–Crippen MR) is 45.2 cm³/mol. The van der Waals surface area contributed by atoms with Gasteiger partial charge in [0.2, 0.25) is 0 Å². The average molecular weight is 179 g/mol. The molecule has 0 spiro atoms. The SMILES string of the molecule is [C-]#[N+]C([N+]#[C-])=C(C#N)C=C(C#N)C#N. The third-order valence-corrected chi connectivity index (χ3v) is 1.10. The number of rotatable bonds is 1. The van der Waals surface area contributed by atoms with Crippen LogP contribution in [0.4, 0.5) is 0 Å². The van der Waals surface area contributed by atoms with Crippen LogP contribution in [0.2, 0.25) is 0 Å². The lowest BCUT2D eigenvalue weighted by molar-refractivity contribution is 1.43. The fourth-order valence-corrected chi connectivity index (χ4v) is 0.526. The van der Waals surface area contributed by atoms with Crippen molar-refractivity contribution in [2.45, 2.75) is 0 Å². The quantitative estimate of drug-likeness (QED) is 0.347. The van der Waals surface area contributed by atoms with E-state index in [0.29, 0.717) is 0 Å². The van der Waals surface area contributed by atoms with Crippen LogP contribution < -0.4 is 0 Å². The van der Waals surface area contributed by atoms with Crippen LogP contribution in [-0.2, 0) is 0 Å². The van der Waals surface area contributed by atoms with E-state index in [9.17, 15) is 0 Å². The van der Waals surface area contributed by atoms with Crippen LogP contribution in [0, 0.1) is 47.1 Å². The molecule has 0 aromatic heterocycles. The molecule has 0 aromatic rings. The average Bonchev–Trinajstić information content (AvgIpc) is 2.24. The molecule has 0 saturated heterocycles. The second kappa shape index (κ2) is 5.56. The third-order valence-electron chi connectivity index (χ3n) is 1.10. The topological polar surface area (TPSA) is 80.1 Å². The number of hydrogen-bond acceptors (Lipinski definition) is 3. The Kier molecular flexibility index (Phi) is 4.34. The lowest BCUT2D eigenvalue weighted by atomic mass is 10.2. The van der Waals surface area contributed by atoms with Crippen LogP contribution in [0.25, 0.3) is 9.69 Å². The summed E-state index contributed by atoms with van der Waals surface area (Å²) in [5.74, 6) is -0.449. The van der Waals surface area contributed by atoms with Gasteiger partial charge in [0.25, 0.3) is 0 Å². The van der Waals surface area contributed by atoms with Gasteiger partial charge >= 0.3 is 5.82 Å². The zero-order valence-electron chi connectivity index (χ0n) is 6.81. The molecule has 0 N–H and O–H groups in total. The van der Waals surface area contributed by atoms with Crippen LogP contribution in [0.15, 0.2) is 23.0 Å². The van der Waals surface area contributed by atoms with Gasteiger partial charge in [-0.1, -0.05) is 0 Å². The summed E-state index contributed by atoms with van der Waals surface area (Å²) in [6.45, 7) is 13.1. The second-order valence-corrected chi connectivity index (χ2v) is 1.85. The molecule has 0 amide bonds. The van der Waals surface area contributed by atoms with Crippen molar-refractivity contribution in [3.05, 3.63) is 45.9 Å². The highest BCUT2D eigenvalue weighted by Crippen LogP contribution is 2.10. The van der Waals surface area contributed by atoms with Gasteiger partial charge in [0, 0.05) is 0 Å². The number of nitriles is 3. The molecule has 0 aliphatic carbocycles. The Morgan fingerprint density at radius 3 is 1.79 bits per heavy atom. The summed E-state index contributed by atoms with van der Waals surface area (Å²) in [7, 11) is 0. The van der Waals surface area contributed by atoms with Crippen molar-refractivity contribution in [3.63, 3.8) is 0 Å². The van der Waals surface area contributed by atoms with Gasteiger partial charge in [-0.15, -0.1) is 0 Å². The zero-order valence-corrected chi connectivity index (χ0v) is 6.81. The smallest absolute Gasteiger partial charge is 0.194 e. The predicted octanol–water partition coefficient (Wildman–Crippen LogP) is 1.53. The van der Waals surface area contributed by atoms with Crippen molar-refractivity contribution in [2.75, 3.05) is 0 Å². The van der Waals surface area contributed by atoms with E-state index in [0.717, 1.165) is 6.08 Å². The van der Waals surface area contributed by atoms with Crippen molar-refractivity contribution in [3.8, 4) is 18.2 Å². The van der Waals surface area contributed by atoms with Crippen molar-refractivity contribution in [2.24, 2.45) is 0 Å². The molecule has 0 atom stereocenters. The largest absolute Gasteiger partial charge is 0.537 e. The van der Waals surface area contributed by atoms with Crippen LogP contribution in [0.5, 0.6) is 0 Å². The van der Waals surface area contributed by atoms with Gasteiger partial charge in [-0.05, 0) is 6.08 Å². The summed E-state index contributed by atoms with van der Waals surface area (Å²) in [5.41, 5.74) is -0.584. The molecule has 0 fully saturated rings. The molecule has 0 bridgehead atoms. The van der Waals surface area contributed by atoms with E-state index in [4.69, 9.17) is 28.9 Å². The maximum absolute atomic E-state index is 8.54. The summed E-state index contributed by atoms with van der Waals surface area (Å²) >= 11 is 0. The van der Waals surface area contributed by atoms with Gasteiger partial charge in [-0.3, -0.25) is 0 Å². The Hall–Kier alpha value is -3.07. The number of hydrogen-bond donors (Lipinski definition) is 0. The molecular weight excluding hydrogens is 178 g/mol. The normalized spacial score (nSPS) is 6.21. The van der Waals surface area contributed by atoms with Crippen LogP contribution in [-0.4, -0.2) is 0 Å². The monoisotopic (exact) mass is 179 g/mol. The Bertz CT molecular complexity index is 470. The highest BCUT2D eigenvalue weighted by Gasteiger charge is 2.12. The minimum Gasteiger partial charge on any atom is -0.194 e. The van der Waals surface area contributed by atoms with Crippen LogP contribution in [0.1, 0.15) is 0 Å². The van der Waals surface area contributed by atoms with E-state index in [-0.39, 0.29) is 11.1 Å². The Labute approximate surface area is 80.7 Å². The fourth-order valence-electron chi connectivity index (χ4n) is 0.526. The van der Waals surface area contributed by atoms with Gasteiger partial charge in [0.05, 0.1) is 6.07 Å². The lowest BCUT2D eigenvalue weighted by Gasteiger charge is -1.81. The summed E-state index contributed by atoms with van der Waals surface area (Å²) in [4.78, 5) is 5.58. The van der Waals surface area contributed by atoms with E-state index in [1.807, 2.05) is 0 Å². The van der Waals surface area contributed by atoms with Gasteiger partial charge < -0.3 is 0 Å². The van der Waals surface area contributed by atoms with E-state index < -0.39 is 5.82 Å². The molecule has 62 valence electrons. The zero-order chi connectivity index (χ0) is 11.0. The molecule has 0 unspecified atom stereocenters. The molecular formula is C9HN5. The van der Waals surface area contributed by atoms with E-state index >= 15 is 0 Å². The number of allylic oxidation sites excluding steroid dienone is 3. The lowest BCUT2D eigenvalue weighted by Crippen LogP contribution is -1.80. The van der Waals surface area contributed by atoms with E-state index in [1.165, 1.54) is 12.1 Å². The summed E-state index contributed by atoms with van der Waals surface area (Å²) in [6.07, 6.45) is 0.922.